The third-order valence-electron chi connectivity index (χ3n) is 2.41. The molecule has 6 heteroatoms. The summed E-state index contributed by atoms with van der Waals surface area (Å²) in [6.07, 6.45) is -0.665. The number of nitrogens with one attached hydrogen (secondary N) is 1. The highest BCUT2D eigenvalue weighted by Crippen LogP contribution is 2.28. The fourth-order valence-electron chi connectivity index (χ4n) is 1.11. The number of aliphatic hydroxyl groups excluding tert-OH is 1. The highest BCUT2D eigenvalue weighted by molar-refractivity contribution is 9.10. The lowest BCUT2D eigenvalue weighted by Crippen LogP contribution is -2.43. The molecule has 1 heterocycles. The molecule has 2 N–H and O–H groups in total. The first kappa shape index (κ1) is 11.6. The zero-order valence-corrected chi connectivity index (χ0v) is 10.3. The van der Waals surface area contributed by atoms with Crippen molar-refractivity contribution in [3.05, 3.63) is 10.3 Å². The van der Waals surface area contributed by atoms with Crippen molar-refractivity contribution in [2.75, 3.05) is 7.05 Å². The number of aromatic nitrogens is 3. The number of aliphatic hydroxyl groups is 1. The van der Waals surface area contributed by atoms with Crippen molar-refractivity contribution in [3.8, 4) is 0 Å². The summed E-state index contributed by atoms with van der Waals surface area (Å²) in [5.74, 6) is 0. The largest absolute Gasteiger partial charge is 0.385 e. The molecule has 0 aromatic carbocycles. The third kappa shape index (κ3) is 1.97. The lowest BCUT2D eigenvalue weighted by Gasteiger charge is -2.29. The topological polar surface area (TPSA) is 63.0 Å². The SMILES string of the molecule is CNC(C)(C)C(O)c1c(Br)nnn1C. The maximum absolute atomic E-state index is 10.1. The summed E-state index contributed by atoms with van der Waals surface area (Å²) in [5.41, 5.74) is 0.252. The minimum Gasteiger partial charge on any atom is -0.385 e. The normalized spacial score (nSPS) is 14.4. The van der Waals surface area contributed by atoms with Gasteiger partial charge in [-0.15, -0.1) is 5.10 Å². The van der Waals surface area contributed by atoms with Crippen molar-refractivity contribution in [1.82, 2.24) is 20.3 Å². The van der Waals surface area contributed by atoms with E-state index in [1.165, 1.54) is 0 Å². The van der Waals surface area contributed by atoms with Crippen molar-refractivity contribution < 1.29 is 5.11 Å². The molecule has 1 aromatic heterocycles. The highest BCUT2D eigenvalue weighted by Gasteiger charge is 2.31. The van der Waals surface area contributed by atoms with E-state index >= 15 is 0 Å². The summed E-state index contributed by atoms with van der Waals surface area (Å²) in [6, 6.07) is 0. The number of nitrogens with zero attached hydrogens (tertiary/aromatic N) is 3. The van der Waals surface area contributed by atoms with Gasteiger partial charge in [0, 0.05) is 12.6 Å². The second-order valence-electron chi connectivity index (χ2n) is 3.76. The summed E-state index contributed by atoms with van der Waals surface area (Å²) < 4.78 is 2.14. The van der Waals surface area contributed by atoms with E-state index in [1.807, 2.05) is 13.8 Å². The number of aryl methyl sites for hydroxylation is 1. The fraction of sp³-hybridized carbons (Fsp3) is 0.750. The summed E-state index contributed by atoms with van der Waals surface area (Å²) in [7, 11) is 3.56. The van der Waals surface area contributed by atoms with E-state index in [0.717, 1.165) is 0 Å². The molecule has 0 fully saturated rings. The van der Waals surface area contributed by atoms with Crippen LogP contribution >= 0.6 is 15.9 Å². The van der Waals surface area contributed by atoms with Gasteiger partial charge in [-0.25, -0.2) is 4.68 Å². The summed E-state index contributed by atoms with van der Waals surface area (Å²) >= 11 is 3.26. The smallest absolute Gasteiger partial charge is 0.154 e. The Morgan fingerprint density at radius 3 is 2.50 bits per heavy atom. The van der Waals surface area contributed by atoms with Crippen molar-refractivity contribution in [2.24, 2.45) is 7.05 Å². The van der Waals surface area contributed by atoms with E-state index in [2.05, 4.69) is 31.6 Å². The van der Waals surface area contributed by atoms with Gasteiger partial charge in [0.1, 0.15) is 11.8 Å². The van der Waals surface area contributed by atoms with Crippen LogP contribution in [-0.4, -0.2) is 32.7 Å². The number of hydrogen-bond acceptors (Lipinski definition) is 4. The first-order valence-electron chi connectivity index (χ1n) is 4.32. The summed E-state index contributed by atoms with van der Waals surface area (Å²) in [6.45, 7) is 3.83. The van der Waals surface area contributed by atoms with Crippen LogP contribution in [0, 0.1) is 0 Å². The molecule has 0 saturated carbocycles. The van der Waals surface area contributed by atoms with Gasteiger partial charge in [0.25, 0.3) is 0 Å². The van der Waals surface area contributed by atoms with Gasteiger partial charge >= 0.3 is 0 Å². The van der Waals surface area contributed by atoms with Crippen molar-refractivity contribution >= 4 is 15.9 Å². The molecular weight excluding hydrogens is 248 g/mol. The van der Waals surface area contributed by atoms with Crippen LogP contribution in [0.3, 0.4) is 0 Å². The van der Waals surface area contributed by atoms with Gasteiger partial charge < -0.3 is 10.4 Å². The lowest BCUT2D eigenvalue weighted by atomic mass is 9.95. The van der Waals surface area contributed by atoms with E-state index in [1.54, 1.807) is 18.8 Å². The second-order valence-corrected chi connectivity index (χ2v) is 4.51. The molecular formula is C8H15BrN4O. The Morgan fingerprint density at radius 1 is 1.57 bits per heavy atom. The third-order valence-corrected chi connectivity index (χ3v) is 2.98. The average Bonchev–Trinajstić information content (AvgIpc) is 2.45. The maximum atomic E-state index is 10.1. The number of halogens is 1. The quantitative estimate of drug-likeness (QED) is 0.838. The molecule has 0 spiro atoms. The molecule has 1 atom stereocenters. The van der Waals surface area contributed by atoms with Gasteiger partial charge in [0.15, 0.2) is 4.60 Å². The summed E-state index contributed by atoms with van der Waals surface area (Å²) in [4.78, 5) is 0. The van der Waals surface area contributed by atoms with Gasteiger partial charge in [-0.05, 0) is 36.8 Å². The predicted octanol–water partition coefficient (Wildman–Crippen LogP) is 0.609. The van der Waals surface area contributed by atoms with E-state index in [-0.39, 0.29) is 0 Å². The van der Waals surface area contributed by atoms with Crippen LogP contribution in [0.4, 0.5) is 0 Å². The fourth-order valence-corrected chi connectivity index (χ4v) is 1.65. The first-order valence-corrected chi connectivity index (χ1v) is 5.11. The van der Waals surface area contributed by atoms with Crippen LogP contribution in [0.15, 0.2) is 4.60 Å². The first-order chi connectivity index (χ1) is 6.40. The molecule has 0 saturated heterocycles. The Labute approximate surface area is 91.6 Å². The molecule has 0 aliphatic carbocycles. The molecule has 1 unspecified atom stereocenters. The zero-order valence-electron chi connectivity index (χ0n) is 8.74. The number of likely N-dealkylation sites (N-methyl/N-ethyl adjacent to an activating group) is 1. The zero-order chi connectivity index (χ0) is 10.9. The molecule has 14 heavy (non-hydrogen) atoms. The van der Waals surface area contributed by atoms with E-state index in [9.17, 15) is 5.11 Å². The van der Waals surface area contributed by atoms with Crippen LogP contribution in [0.1, 0.15) is 25.6 Å². The molecule has 0 bridgehead atoms. The minimum atomic E-state index is -0.665. The van der Waals surface area contributed by atoms with Gasteiger partial charge in [-0.2, -0.15) is 0 Å². The number of rotatable bonds is 3. The molecule has 0 aliphatic rings. The molecule has 0 aliphatic heterocycles. The van der Waals surface area contributed by atoms with Gasteiger partial charge in [-0.3, -0.25) is 0 Å². The van der Waals surface area contributed by atoms with E-state index in [0.29, 0.717) is 10.3 Å². The minimum absolute atomic E-state index is 0.419. The Kier molecular flexibility index (Phi) is 3.28. The molecule has 0 amide bonds. The van der Waals surface area contributed by atoms with Crippen molar-refractivity contribution in [3.63, 3.8) is 0 Å². The Hall–Kier alpha value is -0.460. The Balaban J connectivity index is 3.06. The van der Waals surface area contributed by atoms with E-state index < -0.39 is 11.6 Å². The highest BCUT2D eigenvalue weighted by atomic mass is 79.9. The Bertz CT molecular complexity index is 304. The van der Waals surface area contributed by atoms with Gasteiger partial charge in [0.05, 0.1) is 0 Å². The molecule has 1 aromatic rings. The maximum Gasteiger partial charge on any atom is 0.154 e. The van der Waals surface area contributed by atoms with Crippen LogP contribution in [0.5, 0.6) is 0 Å². The van der Waals surface area contributed by atoms with Gasteiger partial charge in [-0.1, -0.05) is 5.21 Å². The van der Waals surface area contributed by atoms with E-state index in [4.69, 9.17) is 0 Å². The predicted molar refractivity (Wildman–Crippen MR) is 56.8 cm³/mol. The van der Waals surface area contributed by atoms with Crippen LogP contribution in [0.2, 0.25) is 0 Å². The Morgan fingerprint density at radius 2 is 2.14 bits per heavy atom. The van der Waals surface area contributed by atoms with Crippen LogP contribution < -0.4 is 5.32 Å². The summed E-state index contributed by atoms with van der Waals surface area (Å²) in [5, 5.41) is 20.8. The molecule has 1 rings (SSSR count). The second kappa shape index (κ2) is 3.96. The number of hydrogen-bond donors (Lipinski definition) is 2. The van der Waals surface area contributed by atoms with Crippen molar-refractivity contribution in [1.29, 1.82) is 0 Å². The molecule has 0 radical (unpaired) electrons. The molecule has 80 valence electrons. The monoisotopic (exact) mass is 262 g/mol. The van der Waals surface area contributed by atoms with Crippen LogP contribution in [0.25, 0.3) is 0 Å². The molecule has 5 nitrogen and oxygen atoms in total. The lowest BCUT2D eigenvalue weighted by molar-refractivity contribution is 0.0774. The van der Waals surface area contributed by atoms with Gasteiger partial charge in [0.2, 0.25) is 0 Å². The average molecular weight is 263 g/mol. The van der Waals surface area contributed by atoms with Crippen molar-refractivity contribution in [2.45, 2.75) is 25.5 Å². The standard InChI is InChI=1S/C8H15BrN4O/c1-8(2,10-3)6(14)5-7(9)11-12-13(5)4/h6,10,14H,1-4H3. The van der Waals surface area contributed by atoms with Crippen LogP contribution in [-0.2, 0) is 7.05 Å².